The Balaban J connectivity index is 2.59. The molecule has 5 N–H and O–H groups in total. The maximum absolute atomic E-state index is 11.8. The fourth-order valence-corrected chi connectivity index (χ4v) is 1.99. The van der Waals surface area contributed by atoms with Gasteiger partial charge in [-0.25, -0.2) is 9.59 Å². The Kier molecular flexibility index (Phi) is 3.06. The van der Waals surface area contributed by atoms with Crippen molar-refractivity contribution in [1.29, 1.82) is 0 Å². The zero-order chi connectivity index (χ0) is 16.7. The van der Waals surface area contributed by atoms with Crippen molar-refractivity contribution in [3.05, 3.63) is 27.3 Å². The first-order valence-electron chi connectivity index (χ1n) is 6.57. The van der Waals surface area contributed by atoms with E-state index in [2.05, 4.69) is 16.8 Å². The first kappa shape index (κ1) is 11.8. The molecule has 20 heavy (non-hydrogen) atoms. The van der Waals surface area contributed by atoms with Crippen molar-refractivity contribution in [2.75, 3.05) is 6.56 Å². The summed E-state index contributed by atoms with van der Waals surface area (Å²) in [5.74, 6) is 4.91. The number of ether oxygens (including phenoxy) is 1. The molecular weight excluding hydrogens is 268 g/mol. The Bertz CT molecular complexity index is 746. The van der Waals surface area contributed by atoms with Crippen LogP contribution >= 0.6 is 0 Å². The number of aliphatic hydroxyl groups is 2. The molecule has 0 radical (unpaired) electrons. The first-order chi connectivity index (χ1) is 10.1. The molecule has 0 spiro atoms. The molecule has 1 saturated heterocycles. The molecule has 1 aliphatic rings. The number of hydrogen-bond acceptors (Lipinski definition) is 7. The highest BCUT2D eigenvalue weighted by Gasteiger charge is 2.54. The summed E-state index contributed by atoms with van der Waals surface area (Å²) in [5.41, 5.74) is 2.27. The summed E-state index contributed by atoms with van der Waals surface area (Å²) in [7, 11) is 0. The standard InChI is InChI=1S/C11H14N4O5/c1-2-3-11(12)7(17)6(4-16)20-8(11)15-5-13-9(18)14-10(15)19/h5-8,16-17H,4,12H2,1H3,(H,14,18,19)/t6-,7+,8-,11?/m1/s1/i4D2. The third-order valence-electron chi connectivity index (χ3n) is 2.93. The van der Waals surface area contributed by atoms with Gasteiger partial charge in [0, 0.05) is 0 Å². The monoisotopic (exact) mass is 284 g/mol. The molecule has 1 unspecified atom stereocenters. The third kappa shape index (κ3) is 2.14. The van der Waals surface area contributed by atoms with E-state index in [-0.39, 0.29) is 0 Å². The van der Waals surface area contributed by atoms with E-state index in [4.69, 9.17) is 13.2 Å². The van der Waals surface area contributed by atoms with Gasteiger partial charge in [-0.15, -0.1) is 5.92 Å². The molecule has 0 amide bonds. The minimum Gasteiger partial charge on any atom is -0.394 e. The van der Waals surface area contributed by atoms with Crippen molar-refractivity contribution in [2.45, 2.75) is 30.9 Å². The number of aromatic amines is 1. The smallest absolute Gasteiger partial charge is 0.350 e. The van der Waals surface area contributed by atoms with E-state index in [1.807, 2.05) is 4.98 Å². The molecule has 2 rings (SSSR count). The molecule has 1 aromatic rings. The van der Waals surface area contributed by atoms with Gasteiger partial charge in [0.25, 0.3) is 0 Å². The topological polar surface area (TPSA) is 143 Å². The summed E-state index contributed by atoms with van der Waals surface area (Å²) in [6, 6.07) is 0. The molecule has 9 heteroatoms. The van der Waals surface area contributed by atoms with E-state index in [9.17, 15) is 19.8 Å². The van der Waals surface area contributed by atoms with E-state index in [0.717, 1.165) is 10.9 Å². The summed E-state index contributed by atoms with van der Waals surface area (Å²) in [6.07, 6.45) is -4.10. The van der Waals surface area contributed by atoms with E-state index in [0.29, 0.717) is 0 Å². The zero-order valence-corrected chi connectivity index (χ0v) is 10.4. The molecule has 0 saturated carbocycles. The highest BCUT2D eigenvalue weighted by atomic mass is 16.5. The van der Waals surface area contributed by atoms with E-state index in [1.54, 1.807) is 0 Å². The minimum absolute atomic E-state index is 0.765. The zero-order valence-electron chi connectivity index (χ0n) is 12.4. The predicted molar refractivity (Wildman–Crippen MR) is 66.5 cm³/mol. The van der Waals surface area contributed by atoms with Crippen LogP contribution in [0.4, 0.5) is 0 Å². The maximum Gasteiger partial charge on any atom is 0.350 e. The number of nitrogens with zero attached hydrogens (tertiary/aromatic N) is 2. The fourth-order valence-electron chi connectivity index (χ4n) is 1.99. The number of nitrogens with one attached hydrogen (secondary N) is 1. The molecule has 4 atom stereocenters. The van der Waals surface area contributed by atoms with Crippen LogP contribution in [-0.4, -0.2) is 49.1 Å². The number of H-pyrrole nitrogens is 1. The average Bonchev–Trinajstić information content (AvgIpc) is 2.63. The van der Waals surface area contributed by atoms with Crippen molar-refractivity contribution in [1.82, 2.24) is 14.5 Å². The molecule has 0 aliphatic carbocycles. The van der Waals surface area contributed by atoms with E-state index in [1.165, 1.54) is 6.92 Å². The molecule has 0 bridgehead atoms. The molecule has 2 heterocycles. The van der Waals surface area contributed by atoms with Gasteiger partial charge in [-0.3, -0.25) is 9.55 Å². The van der Waals surface area contributed by atoms with Crippen LogP contribution in [0.25, 0.3) is 0 Å². The lowest BCUT2D eigenvalue weighted by atomic mass is 9.91. The summed E-state index contributed by atoms with van der Waals surface area (Å²) in [5, 5.41) is 19.6. The lowest BCUT2D eigenvalue weighted by molar-refractivity contribution is -0.0481. The molecule has 1 aromatic heterocycles. The number of aromatic nitrogens is 3. The maximum atomic E-state index is 11.8. The minimum atomic E-state index is -2.92. The molecule has 1 aliphatic heterocycles. The summed E-state index contributed by atoms with van der Waals surface area (Å²) in [6.45, 7) is -1.50. The second-order valence-electron chi connectivity index (χ2n) is 4.18. The van der Waals surface area contributed by atoms with Crippen LogP contribution in [0.1, 0.15) is 15.9 Å². The van der Waals surface area contributed by atoms with Gasteiger partial charge in [0.15, 0.2) is 11.8 Å². The Morgan fingerprint density at radius 2 is 2.45 bits per heavy atom. The third-order valence-corrected chi connectivity index (χ3v) is 2.93. The van der Waals surface area contributed by atoms with Crippen molar-refractivity contribution in [3.63, 3.8) is 0 Å². The number of aliphatic hydroxyl groups excluding tert-OH is 1. The SMILES string of the molecule is [2H]C([2H])(O)[C@H]1O[C@@H](n2cnc(=O)[nH]c2=O)C(N)(C#CC)[C@H]1O. The lowest BCUT2D eigenvalue weighted by Crippen LogP contribution is -2.55. The van der Waals surface area contributed by atoms with Gasteiger partial charge in [0.05, 0.1) is 9.30 Å². The second-order valence-corrected chi connectivity index (χ2v) is 4.18. The van der Waals surface area contributed by atoms with Gasteiger partial charge < -0.3 is 20.7 Å². The number of rotatable bonds is 2. The van der Waals surface area contributed by atoms with Crippen molar-refractivity contribution < 1.29 is 17.7 Å². The normalized spacial score (nSPS) is 34.9. The van der Waals surface area contributed by atoms with Crippen LogP contribution in [0.15, 0.2) is 15.9 Å². The highest BCUT2D eigenvalue weighted by molar-refractivity contribution is 5.24. The van der Waals surface area contributed by atoms with Gasteiger partial charge in [0.1, 0.15) is 18.5 Å². The molecule has 1 fully saturated rings. The van der Waals surface area contributed by atoms with Crippen molar-refractivity contribution in [3.8, 4) is 11.8 Å². The highest BCUT2D eigenvalue weighted by Crippen LogP contribution is 2.35. The van der Waals surface area contributed by atoms with Crippen LogP contribution in [0.2, 0.25) is 0 Å². The summed E-state index contributed by atoms with van der Waals surface area (Å²) >= 11 is 0. The van der Waals surface area contributed by atoms with Gasteiger partial charge in [-0.1, -0.05) is 5.92 Å². The Morgan fingerprint density at radius 3 is 3.00 bits per heavy atom. The van der Waals surface area contributed by atoms with E-state index < -0.39 is 41.9 Å². The van der Waals surface area contributed by atoms with Crippen molar-refractivity contribution in [2.24, 2.45) is 5.73 Å². The van der Waals surface area contributed by atoms with E-state index >= 15 is 0 Å². The average molecular weight is 284 g/mol. The quantitative estimate of drug-likeness (QED) is 0.421. The lowest BCUT2D eigenvalue weighted by Gasteiger charge is -2.27. The van der Waals surface area contributed by atoms with Gasteiger partial charge in [0.2, 0.25) is 0 Å². The van der Waals surface area contributed by atoms with Gasteiger partial charge in [-0.2, -0.15) is 4.98 Å². The van der Waals surface area contributed by atoms with Crippen LogP contribution in [0.5, 0.6) is 0 Å². The molecule has 0 aromatic carbocycles. The van der Waals surface area contributed by atoms with Crippen LogP contribution in [-0.2, 0) is 4.74 Å². The number of hydrogen-bond donors (Lipinski definition) is 4. The largest absolute Gasteiger partial charge is 0.394 e. The van der Waals surface area contributed by atoms with Crippen LogP contribution in [0.3, 0.4) is 0 Å². The Morgan fingerprint density at radius 1 is 1.75 bits per heavy atom. The summed E-state index contributed by atoms with van der Waals surface area (Å²) in [4.78, 5) is 28.1. The molecule has 108 valence electrons. The number of nitrogens with two attached hydrogens (primary N) is 1. The Hall–Kier alpha value is -1.99. The fraction of sp³-hybridized carbons (Fsp3) is 0.545. The summed E-state index contributed by atoms with van der Waals surface area (Å²) < 4.78 is 20.5. The Labute approximate surface area is 115 Å². The van der Waals surface area contributed by atoms with Gasteiger partial charge >= 0.3 is 11.4 Å². The second kappa shape index (κ2) is 5.18. The molecule has 9 nitrogen and oxygen atoms in total. The van der Waals surface area contributed by atoms with Gasteiger partial charge in [-0.05, 0) is 6.92 Å². The van der Waals surface area contributed by atoms with Crippen molar-refractivity contribution >= 4 is 0 Å². The van der Waals surface area contributed by atoms with Crippen LogP contribution < -0.4 is 17.1 Å². The van der Waals surface area contributed by atoms with Crippen LogP contribution in [0, 0.1) is 11.8 Å². The first-order valence-corrected chi connectivity index (χ1v) is 5.57. The predicted octanol–water partition coefficient (Wildman–Crippen LogP) is -3.10. The molecular formula is C11H14N4O5.